The van der Waals surface area contributed by atoms with Gasteiger partial charge in [0.2, 0.25) is 5.82 Å². The zero-order valence-corrected chi connectivity index (χ0v) is 25.2. The molecule has 0 spiro atoms. The molecule has 1 aliphatic rings. The van der Waals surface area contributed by atoms with E-state index in [-0.39, 0.29) is 22.9 Å². The number of hydrogen-bond donors (Lipinski definition) is 2. The molecule has 228 valence electrons. The van der Waals surface area contributed by atoms with E-state index < -0.39 is 33.6 Å². The Kier molecular flexibility index (Phi) is 10.5. The van der Waals surface area contributed by atoms with Crippen LogP contribution in [0.15, 0.2) is 58.0 Å². The number of ether oxygens (including phenoxy) is 2. The highest BCUT2D eigenvalue weighted by atomic mass is 79.9. The molecule has 2 heterocycles. The first-order chi connectivity index (χ1) is 20.0. The Labute approximate surface area is 250 Å². The minimum atomic E-state index is -4.75. The highest BCUT2D eigenvalue weighted by molar-refractivity contribution is 9.10. The van der Waals surface area contributed by atoms with Crippen LogP contribution in [0.25, 0.3) is 0 Å². The number of morpholine rings is 1. The largest absolute Gasteiger partial charge is 0.495 e. The van der Waals surface area contributed by atoms with Crippen molar-refractivity contribution in [3.05, 3.63) is 64.7 Å². The van der Waals surface area contributed by atoms with Gasteiger partial charge in [-0.25, -0.2) is 13.4 Å². The van der Waals surface area contributed by atoms with Gasteiger partial charge in [-0.1, -0.05) is 22.4 Å². The van der Waals surface area contributed by atoms with Crippen LogP contribution in [-0.2, 0) is 20.9 Å². The number of H-pyrrole nitrogens is 1. The van der Waals surface area contributed by atoms with Crippen LogP contribution in [0.3, 0.4) is 0 Å². The summed E-state index contributed by atoms with van der Waals surface area (Å²) in [4.78, 5) is 19.9. The van der Waals surface area contributed by atoms with Gasteiger partial charge in [0, 0.05) is 29.8 Å². The first kappa shape index (κ1) is 31.8. The number of alkyl halides is 3. The summed E-state index contributed by atoms with van der Waals surface area (Å²) in [5, 5.41) is 2.43. The zero-order chi connectivity index (χ0) is 30.3. The van der Waals surface area contributed by atoms with E-state index in [1.807, 2.05) is 4.98 Å². The van der Waals surface area contributed by atoms with E-state index >= 15 is 0 Å². The van der Waals surface area contributed by atoms with Crippen LogP contribution < -0.4 is 14.4 Å². The van der Waals surface area contributed by atoms with E-state index in [0.717, 1.165) is 43.1 Å². The van der Waals surface area contributed by atoms with Gasteiger partial charge in [-0.3, -0.25) is 14.0 Å². The fourth-order valence-corrected chi connectivity index (χ4v) is 6.39. The van der Waals surface area contributed by atoms with Crippen LogP contribution in [0.4, 0.5) is 24.5 Å². The third-order valence-corrected chi connectivity index (χ3v) is 9.01. The van der Waals surface area contributed by atoms with E-state index in [0.29, 0.717) is 25.3 Å². The van der Waals surface area contributed by atoms with Crippen LogP contribution in [-0.4, -0.2) is 75.7 Å². The van der Waals surface area contributed by atoms with Crippen LogP contribution >= 0.6 is 15.9 Å². The predicted molar refractivity (Wildman–Crippen MR) is 154 cm³/mol. The molecule has 1 amide bonds. The van der Waals surface area contributed by atoms with Crippen molar-refractivity contribution in [1.82, 2.24) is 14.9 Å². The zero-order valence-electron chi connectivity index (χ0n) is 22.8. The Hall–Kier alpha value is -3.14. The molecule has 10 nitrogen and oxygen atoms in total. The number of hydrogen-bond acceptors (Lipinski definition) is 7. The number of unbranched alkanes of at least 4 members (excludes halogenated alkanes) is 2. The lowest BCUT2D eigenvalue weighted by Gasteiger charge is -2.27. The average molecular weight is 675 g/mol. The second kappa shape index (κ2) is 13.9. The molecular weight excluding hydrogens is 643 g/mol. The highest BCUT2D eigenvalue weighted by Gasteiger charge is 2.35. The molecular formula is C27H31BrF3N5O5S. The Bertz CT molecular complexity index is 1460. The number of amides is 1. The standard InChI is InChI=1S/C27H31BrF3N5O5S/c1-40-23-10-7-20(33-25(37)22-18-32-26(34-22)27(29,30)31)17-24(23)42(38,39)36(21-8-5-19(28)6-9-21)12-4-2-3-11-35-13-15-41-16-14-35/h5-10,17-18H,2-4,11-16H2,1H3,(H,32,34)(H,33,37). The van der Waals surface area contributed by atoms with Gasteiger partial charge in [-0.05, 0) is 61.9 Å². The number of carbonyl (C=O) groups is 1. The van der Waals surface area contributed by atoms with Gasteiger partial charge in [-0.2, -0.15) is 13.2 Å². The lowest BCUT2D eigenvalue weighted by atomic mass is 10.2. The van der Waals surface area contributed by atoms with Crippen LogP contribution in [0.5, 0.6) is 5.75 Å². The molecule has 2 aromatic carbocycles. The average Bonchev–Trinajstić information content (AvgIpc) is 3.48. The number of imidazole rings is 1. The summed E-state index contributed by atoms with van der Waals surface area (Å²) >= 11 is 3.38. The van der Waals surface area contributed by atoms with Crippen LogP contribution in [0.2, 0.25) is 0 Å². The third kappa shape index (κ3) is 8.02. The Morgan fingerprint density at radius 3 is 2.50 bits per heavy atom. The number of methoxy groups -OCH3 is 1. The van der Waals surface area contributed by atoms with Gasteiger partial charge in [0.05, 0.1) is 32.2 Å². The topological polar surface area (TPSA) is 117 Å². The minimum Gasteiger partial charge on any atom is -0.495 e. The fraction of sp³-hybridized carbons (Fsp3) is 0.407. The van der Waals surface area contributed by atoms with Gasteiger partial charge in [0.25, 0.3) is 15.9 Å². The molecule has 0 saturated carbocycles. The Balaban J connectivity index is 1.54. The molecule has 1 saturated heterocycles. The number of carbonyl (C=O) groups excluding carboxylic acids is 1. The SMILES string of the molecule is COc1ccc(NC(=O)c2cnc(C(F)(F)F)[nH]2)cc1S(=O)(=O)N(CCCCCN1CCOCC1)c1ccc(Br)cc1. The molecule has 15 heteroatoms. The Morgan fingerprint density at radius 2 is 1.86 bits per heavy atom. The second-order valence-electron chi connectivity index (χ2n) is 9.53. The number of aromatic nitrogens is 2. The lowest BCUT2D eigenvalue weighted by molar-refractivity contribution is -0.144. The van der Waals surface area contributed by atoms with E-state index in [9.17, 15) is 26.4 Å². The normalized spacial score (nSPS) is 14.5. The smallest absolute Gasteiger partial charge is 0.449 e. The number of rotatable bonds is 12. The van der Waals surface area contributed by atoms with Gasteiger partial charge in [0.15, 0.2) is 0 Å². The molecule has 42 heavy (non-hydrogen) atoms. The maximum absolute atomic E-state index is 14.1. The minimum absolute atomic E-state index is 0.0447. The molecule has 1 aromatic heterocycles. The molecule has 3 aromatic rings. The summed E-state index contributed by atoms with van der Waals surface area (Å²) in [6.45, 7) is 4.30. The van der Waals surface area contributed by atoms with Crippen molar-refractivity contribution in [2.24, 2.45) is 0 Å². The molecule has 1 fully saturated rings. The van der Waals surface area contributed by atoms with Crippen molar-refractivity contribution in [2.75, 3.05) is 56.1 Å². The number of nitrogens with one attached hydrogen (secondary N) is 2. The molecule has 2 N–H and O–H groups in total. The molecule has 1 aliphatic heterocycles. The van der Waals surface area contributed by atoms with E-state index in [1.54, 1.807) is 24.3 Å². The second-order valence-corrected chi connectivity index (χ2v) is 12.3. The predicted octanol–water partition coefficient (Wildman–Crippen LogP) is 5.15. The van der Waals surface area contributed by atoms with Crippen molar-refractivity contribution in [3.63, 3.8) is 0 Å². The summed E-state index contributed by atoms with van der Waals surface area (Å²) < 4.78 is 79.7. The monoisotopic (exact) mass is 673 g/mol. The summed E-state index contributed by atoms with van der Waals surface area (Å²) in [6, 6.07) is 10.8. The van der Waals surface area contributed by atoms with Gasteiger partial charge in [-0.15, -0.1) is 0 Å². The van der Waals surface area contributed by atoms with Gasteiger partial charge in [0.1, 0.15) is 16.3 Å². The van der Waals surface area contributed by atoms with Gasteiger partial charge >= 0.3 is 6.18 Å². The molecule has 0 bridgehead atoms. The van der Waals surface area contributed by atoms with Crippen molar-refractivity contribution < 1.29 is 35.9 Å². The number of nitrogens with zero attached hydrogens (tertiary/aromatic N) is 3. The number of sulfonamides is 1. The van der Waals surface area contributed by atoms with Crippen molar-refractivity contribution in [2.45, 2.75) is 30.3 Å². The number of anilines is 2. The molecule has 0 unspecified atom stereocenters. The summed E-state index contributed by atoms with van der Waals surface area (Å²) in [5.74, 6) is -2.19. The van der Waals surface area contributed by atoms with Crippen molar-refractivity contribution in [3.8, 4) is 5.75 Å². The first-order valence-corrected chi connectivity index (χ1v) is 15.4. The third-order valence-electron chi connectivity index (χ3n) is 6.63. The van der Waals surface area contributed by atoms with Crippen LogP contribution in [0, 0.1) is 0 Å². The summed E-state index contributed by atoms with van der Waals surface area (Å²) in [7, 11) is -2.88. The van der Waals surface area contributed by atoms with E-state index in [2.05, 4.69) is 31.1 Å². The molecule has 0 atom stereocenters. The summed E-state index contributed by atoms with van der Waals surface area (Å²) in [6.07, 6.45) is -1.69. The number of aromatic amines is 1. The van der Waals surface area contributed by atoms with Crippen molar-refractivity contribution in [1.29, 1.82) is 0 Å². The fourth-order valence-electron chi connectivity index (χ4n) is 4.44. The first-order valence-electron chi connectivity index (χ1n) is 13.2. The summed E-state index contributed by atoms with van der Waals surface area (Å²) in [5.41, 5.74) is 0.0555. The number of benzene rings is 2. The van der Waals surface area contributed by atoms with Gasteiger partial charge < -0.3 is 19.8 Å². The molecule has 4 rings (SSSR count). The maximum Gasteiger partial charge on any atom is 0.449 e. The quantitative estimate of drug-likeness (QED) is 0.256. The highest BCUT2D eigenvalue weighted by Crippen LogP contribution is 2.33. The molecule has 0 aliphatic carbocycles. The van der Waals surface area contributed by atoms with E-state index in [1.165, 1.54) is 29.6 Å². The van der Waals surface area contributed by atoms with Crippen LogP contribution in [0.1, 0.15) is 35.6 Å². The molecule has 0 radical (unpaired) electrons. The lowest BCUT2D eigenvalue weighted by Crippen LogP contribution is -2.37. The van der Waals surface area contributed by atoms with E-state index in [4.69, 9.17) is 9.47 Å². The Morgan fingerprint density at radius 1 is 1.14 bits per heavy atom. The van der Waals surface area contributed by atoms with Crippen molar-refractivity contribution >= 4 is 43.2 Å². The maximum atomic E-state index is 14.1. The number of halogens is 4.